The predicted molar refractivity (Wildman–Crippen MR) is 66.0 cm³/mol. The molecule has 90 valence electrons. The molecule has 3 nitrogen and oxygen atoms in total. The Bertz CT molecular complexity index is 182. The van der Waals surface area contributed by atoms with E-state index in [1.165, 1.54) is 13.0 Å². The van der Waals surface area contributed by atoms with Gasteiger partial charge >= 0.3 is 0 Å². The summed E-state index contributed by atoms with van der Waals surface area (Å²) in [6.07, 6.45) is 2.40. The Morgan fingerprint density at radius 1 is 1.20 bits per heavy atom. The van der Waals surface area contributed by atoms with Crippen molar-refractivity contribution < 1.29 is 0 Å². The van der Waals surface area contributed by atoms with Gasteiger partial charge < -0.3 is 10.6 Å². The molecule has 0 spiro atoms. The first-order chi connectivity index (χ1) is 7.00. The lowest BCUT2D eigenvalue weighted by molar-refractivity contribution is 0.0939. The molecule has 1 saturated heterocycles. The first kappa shape index (κ1) is 12.9. The second kappa shape index (κ2) is 5.83. The van der Waals surface area contributed by atoms with E-state index in [9.17, 15) is 0 Å². The molecule has 1 aliphatic heterocycles. The monoisotopic (exact) mass is 213 g/mol. The van der Waals surface area contributed by atoms with Crippen LogP contribution in [0, 0.1) is 5.92 Å². The molecule has 1 heterocycles. The minimum Gasteiger partial charge on any atom is -0.326 e. The first-order valence-electron chi connectivity index (χ1n) is 6.15. The van der Waals surface area contributed by atoms with Gasteiger partial charge in [0.1, 0.15) is 0 Å². The number of piperazine rings is 1. The molecule has 0 aromatic rings. The number of nitrogens with zero attached hydrogens (tertiary/aromatic N) is 2. The highest BCUT2D eigenvalue weighted by atomic mass is 15.3. The van der Waals surface area contributed by atoms with Crippen molar-refractivity contribution in [2.24, 2.45) is 11.7 Å². The number of likely N-dealkylation sites (N-methyl/N-ethyl adjacent to an activating group) is 2. The van der Waals surface area contributed by atoms with Gasteiger partial charge in [-0.1, -0.05) is 13.8 Å². The van der Waals surface area contributed by atoms with Gasteiger partial charge in [-0.2, -0.15) is 0 Å². The summed E-state index contributed by atoms with van der Waals surface area (Å²) in [6, 6.07) is 0.877. The van der Waals surface area contributed by atoms with Crippen molar-refractivity contribution in [3.8, 4) is 0 Å². The van der Waals surface area contributed by atoms with Crippen molar-refractivity contribution in [3.63, 3.8) is 0 Å². The predicted octanol–water partition coefficient (Wildman–Crippen LogP) is 0.996. The van der Waals surface area contributed by atoms with E-state index in [-0.39, 0.29) is 0 Å². The maximum Gasteiger partial charge on any atom is 0.0371 e. The van der Waals surface area contributed by atoms with Crippen LogP contribution in [0.5, 0.6) is 0 Å². The molecule has 15 heavy (non-hydrogen) atoms. The molecule has 1 fully saturated rings. The lowest BCUT2D eigenvalue weighted by Gasteiger charge is -2.40. The zero-order valence-electron chi connectivity index (χ0n) is 10.7. The fourth-order valence-corrected chi connectivity index (χ4v) is 2.22. The van der Waals surface area contributed by atoms with E-state index in [0.717, 1.165) is 25.4 Å². The maximum absolute atomic E-state index is 6.28. The summed E-state index contributed by atoms with van der Waals surface area (Å²) in [5.74, 6) is 0.766. The Balaban J connectivity index is 2.38. The van der Waals surface area contributed by atoms with Crippen LogP contribution in [0.15, 0.2) is 0 Å². The Kier molecular flexibility index (Phi) is 5.03. The van der Waals surface area contributed by atoms with Crippen LogP contribution >= 0.6 is 0 Å². The number of rotatable bonds is 4. The smallest absolute Gasteiger partial charge is 0.0371 e. The third-order valence-corrected chi connectivity index (χ3v) is 3.47. The molecule has 0 bridgehead atoms. The third-order valence-electron chi connectivity index (χ3n) is 3.47. The summed E-state index contributed by atoms with van der Waals surface area (Å²) in [6.45, 7) is 7.98. The molecule has 1 rings (SSSR count). The second-order valence-electron chi connectivity index (χ2n) is 5.45. The van der Waals surface area contributed by atoms with Crippen molar-refractivity contribution in [3.05, 3.63) is 0 Å². The molecule has 2 unspecified atom stereocenters. The molecular formula is C12H27N3. The van der Waals surface area contributed by atoms with Crippen LogP contribution in [0.1, 0.15) is 26.7 Å². The van der Waals surface area contributed by atoms with Crippen molar-refractivity contribution in [2.75, 3.05) is 33.7 Å². The fraction of sp³-hybridized carbons (Fsp3) is 1.00. The van der Waals surface area contributed by atoms with E-state index in [4.69, 9.17) is 5.73 Å². The Morgan fingerprint density at radius 2 is 1.87 bits per heavy atom. The van der Waals surface area contributed by atoms with Crippen LogP contribution in [0.3, 0.4) is 0 Å². The maximum atomic E-state index is 6.28. The number of nitrogens with two attached hydrogens (primary N) is 1. The minimum atomic E-state index is 0.333. The Hall–Kier alpha value is -0.120. The van der Waals surface area contributed by atoms with E-state index < -0.39 is 0 Å². The van der Waals surface area contributed by atoms with Gasteiger partial charge in [-0.25, -0.2) is 0 Å². The van der Waals surface area contributed by atoms with Gasteiger partial charge in [-0.15, -0.1) is 0 Å². The normalized spacial score (nSPS) is 27.2. The van der Waals surface area contributed by atoms with E-state index >= 15 is 0 Å². The summed E-state index contributed by atoms with van der Waals surface area (Å²) < 4.78 is 0. The molecule has 3 heteroatoms. The highest BCUT2D eigenvalue weighted by molar-refractivity contribution is 4.86. The molecule has 0 aromatic heterocycles. The minimum absolute atomic E-state index is 0.333. The van der Waals surface area contributed by atoms with Crippen molar-refractivity contribution in [2.45, 2.75) is 38.8 Å². The van der Waals surface area contributed by atoms with E-state index in [0.29, 0.717) is 12.1 Å². The molecule has 2 atom stereocenters. The molecule has 2 N–H and O–H groups in total. The van der Waals surface area contributed by atoms with Crippen LogP contribution in [-0.2, 0) is 0 Å². The summed E-state index contributed by atoms with van der Waals surface area (Å²) in [4.78, 5) is 4.81. The topological polar surface area (TPSA) is 32.5 Å². The van der Waals surface area contributed by atoms with Crippen LogP contribution in [-0.4, -0.2) is 55.6 Å². The molecule has 1 aliphatic rings. The van der Waals surface area contributed by atoms with Gasteiger partial charge in [-0.3, -0.25) is 4.90 Å². The fourth-order valence-electron chi connectivity index (χ4n) is 2.22. The van der Waals surface area contributed by atoms with Gasteiger partial charge in [-0.05, 0) is 32.9 Å². The first-order valence-corrected chi connectivity index (χ1v) is 6.15. The summed E-state index contributed by atoms with van der Waals surface area (Å²) in [5.41, 5.74) is 6.28. The van der Waals surface area contributed by atoms with Crippen LogP contribution < -0.4 is 5.73 Å². The molecule has 0 saturated carbocycles. The van der Waals surface area contributed by atoms with Crippen molar-refractivity contribution in [1.29, 1.82) is 0 Å². The summed E-state index contributed by atoms with van der Waals surface area (Å²) in [7, 11) is 4.39. The highest BCUT2D eigenvalue weighted by Gasteiger charge is 2.27. The molecule has 0 aromatic carbocycles. The quantitative estimate of drug-likeness (QED) is 0.756. The highest BCUT2D eigenvalue weighted by Crippen LogP contribution is 2.14. The number of hydrogen-bond donors (Lipinski definition) is 1. The molecule has 0 radical (unpaired) electrons. The second-order valence-corrected chi connectivity index (χ2v) is 5.45. The Labute approximate surface area is 94.6 Å². The summed E-state index contributed by atoms with van der Waals surface area (Å²) >= 11 is 0. The van der Waals surface area contributed by atoms with Gasteiger partial charge in [0.2, 0.25) is 0 Å². The molecule has 0 amide bonds. The molecule has 0 aliphatic carbocycles. The number of hydrogen-bond acceptors (Lipinski definition) is 3. The van der Waals surface area contributed by atoms with Crippen LogP contribution in [0.25, 0.3) is 0 Å². The van der Waals surface area contributed by atoms with Gasteiger partial charge in [0.15, 0.2) is 0 Å². The lowest BCUT2D eigenvalue weighted by atomic mass is 9.96. The van der Waals surface area contributed by atoms with Crippen LogP contribution in [0.4, 0.5) is 0 Å². The zero-order valence-corrected chi connectivity index (χ0v) is 10.7. The third kappa shape index (κ3) is 4.09. The average Bonchev–Trinajstić information content (AvgIpc) is 2.18. The zero-order chi connectivity index (χ0) is 11.4. The van der Waals surface area contributed by atoms with Gasteiger partial charge in [0.25, 0.3) is 0 Å². The largest absolute Gasteiger partial charge is 0.326 e. The van der Waals surface area contributed by atoms with E-state index in [1.54, 1.807) is 0 Å². The van der Waals surface area contributed by atoms with E-state index in [1.807, 2.05) is 0 Å². The standard InChI is InChI=1S/C12H27N3/c1-10(2)5-6-11(13)12-9-14(3)7-8-15(12)4/h10-12H,5-9,13H2,1-4H3. The average molecular weight is 213 g/mol. The van der Waals surface area contributed by atoms with Crippen LogP contribution in [0.2, 0.25) is 0 Å². The van der Waals surface area contributed by atoms with Gasteiger partial charge in [0.05, 0.1) is 0 Å². The van der Waals surface area contributed by atoms with Gasteiger partial charge in [0, 0.05) is 31.7 Å². The SMILES string of the molecule is CC(C)CCC(N)C1CN(C)CCN1C. The lowest BCUT2D eigenvalue weighted by Crippen LogP contribution is -2.57. The van der Waals surface area contributed by atoms with Crippen molar-refractivity contribution in [1.82, 2.24) is 9.80 Å². The molecular weight excluding hydrogens is 186 g/mol. The van der Waals surface area contributed by atoms with Crippen molar-refractivity contribution >= 4 is 0 Å². The Morgan fingerprint density at radius 3 is 2.47 bits per heavy atom. The van der Waals surface area contributed by atoms with E-state index in [2.05, 4.69) is 37.7 Å². The summed E-state index contributed by atoms with van der Waals surface area (Å²) in [5, 5.41) is 0.